The average molecular weight is 273 g/mol. The van der Waals surface area contributed by atoms with E-state index in [9.17, 15) is 9.59 Å². The van der Waals surface area contributed by atoms with Gasteiger partial charge in [-0.2, -0.15) is 4.98 Å². The molecule has 0 spiro atoms. The number of rotatable bonds is 3. The molecule has 1 saturated heterocycles. The number of aromatic carboxylic acids is 1. The molecule has 0 saturated carbocycles. The molecule has 2 atom stereocenters. The van der Waals surface area contributed by atoms with Crippen LogP contribution in [0.1, 0.15) is 16.6 Å². The maximum absolute atomic E-state index is 11.6. The zero-order valence-corrected chi connectivity index (χ0v) is 9.96. The normalized spacial score (nSPS) is 23.2. The molecule has 1 aliphatic rings. The van der Waals surface area contributed by atoms with Crippen molar-refractivity contribution in [2.24, 2.45) is 0 Å². The lowest BCUT2D eigenvalue weighted by Crippen LogP contribution is -2.30. The van der Waals surface area contributed by atoms with Crippen molar-refractivity contribution in [1.29, 1.82) is 0 Å². The summed E-state index contributed by atoms with van der Waals surface area (Å²) >= 11 is 1.33. The van der Waals surface area contributed by atoms with Gasteiger partial charge < -0.3 is 20.7 Å². The van der Waals surface area contributed by atoms with E-state index in [1.165, 1.54) is 11.8 Å². The van der Waals surface area contributed by atoms with Crippen LogP contribution in [0.2, 0.25) is 0 Å². The number of carboxylic acids is 1. The fourth-order valence-electron chi connectivity index (χ4n) is 1.54. The van der Waals surface area contributed by atoms with Gasteiger partial charge in [0.2, 0.25) is 0 Å². The SMILES string of the molecule is Nc1nc(=O)n([C@H]2CS[C@@H](CO)O2)cc1C(=O)O. The van der Waals surface area contributed by atoms with E-state index >= 15 is 0 Å². The van der Waals surface area contributed by atoms with Gasteiger partial charge in [0, 0.05) is 11.9 Å². The summed E-state index contributed by atoms with van der Waals surface area (Å²) in [5, 5.41) is 17.8. The summed E-state index contributed by atoms with van der Waals surface area (Å²) in [6.07, 6.45) is 0.462. The number of nitrogens with two attached hydrogens (primary N) is 1. The van der Waals surface area contributed by atoms with Crippen LogP contribution in [0.25, 0.3) is 0 Å². The fourth-order valence-corrected chi connectivity index (χ4v) is 2.47. The molecule has 2 rings (SSSR count). The molecule has 9 heteroatoms. The van der Waals surface area contributed by atoms with Gasteiger partial charge in [0.1, 0.15) is 23.0 Å². The van der Waals surface area contributed by atoms with Gasteiger partial charge in [0.15, 0.2) is 0 Å². The maximum atomic E-state index is 11.6. The lowest BCUT2D eigenvalue weighted by atomic mass is 10.3. The second kappa shape index (κ2) is 4.96. The summed E-state index contributed by atoms with van der Waals surface area (Å²) in [6.45, 7) is -0.176. The Morgan fingerprint density at radius 3 is 3.00 bits per heavy atom. The monoisotopic (exact) mass is 273 g/mol. The second-order valence-electron chi connectivity index (χ2n) is 3.57. The summed E-state index contributed by atoms with van der Waals surface area (Å²) in [6, 6.07) is 0. The standard InChI is InChI=1S/C9H11N3O5S/c10-7-4(8(14)15)1-12(9(16)11-7)5-3-18-6(2-13)17-5/h1,5-6,13H,2-3H2,(H,14,15)(H2,10,11,16)/t5-,6+/m1/s1. The van der Waals surface area contributed by atoms with Crippen LogP contribution in [0.3, 0.4) is 0 Å². The maximum Gasteiger partial charge on any atom is 0.351 e. The molecule has 0 amide bonds. The topological polar surface area (TPSA) is 128 Å². The van der Waals surface area contributed by atoms with Gasteiger partial charge in [-0.25, -0.2) is 9.59 Å². The zero-order valence-electron chi connectivity index (χ0n) is 9.15. The first-order valence-electron chi connectivity index (χ1n) is 5.02. The Kier molecular flexibility index (Phi) is 3.55. The highest BCUT2D eigenvalue weighted by Gasteiger charge is 2.28. The van der Waals surface area contributed by atoms with Crippen molar-refractivity contribution in [3.05, 3.63) is 22.2 Å². The minimum Gasteiger partial charge on any atom is -0.478 e. The highest BCUT2D eigenvalue weighted by atomic mass is 32.2. The van der Waals surface area contributed by atoms with Gasteiger partial charge in [-0.05, 0) is 0 Å². The molecule has 1 aromatic heterocycles. The van der Waals surface area contributed by atoms with E-state index in [2.05, 4.69) is 4.98 Å². The molecule has 1 fully saturated rings. The van der Waals surface area contributed by atoms with Crippen LogP contribution in [0.4, 0.5) is 5.82 Å². The summed E-state index contributed by atoms with van der Waals surface area (Å²) < 4.78 is 6.43. The van der Waals surface area contributed by atoms with E-state index < -0.39 is 23.3 Å². The number of hydrogen-bond acceptors (Lipinski definition) is 7. The summed E-state index contributed by atoms with van der Waals surface area (Å²) in [5.41, 5.74) is 4.00. The second-order valence-corrected chi connectivity index (χ2v) is 4.76. The van der Waals surface area contributed by atoms with Gasteiger partial charge in [-0.1, -0.05) is 0 Å². The van der Waals surface area contributed by atoms with Crippen LogP contribution in [0, 0.1) is 0 Å². The number of nitrogens with zero attached hydrogens (tertiary/aromatic N) is 2. The van der Waals surface area contributed by atoms with Crippen LogP contribution in [-0.4, -0.2) is 43.5 Å². The molecule has 0 bridgehead atoms. The average Bonchev–Trinajstić information content (AvgIpc) is 2.77. The molecule has 2 heterocycles. The molecule has 18 heavy (non-hydrogen) atoms. The first-order valence-corrected chi connectivity index (χ1v) is 6.07. The van der Waals surface area contributed by atoms with Crippen molar-refractivity contribution in [3.8, 4) is 0 Å². The zero-order chi connectivity index (χ0) is 13.3. The quantitative estimate of drug-likeness (QED) is 0.646. The number of aliphatic hydroxyl groups excluding tert-OH is 1. The number of aromatic nitrogens is 2. The number of anilines is 1. The van der Waals surface area contributed by atoms with Crippen molar-refractivity contribution in [1.82, 2.24) is 9.55 Å². The Hall–Kier alpha value is -1.58. The Morgan fingerprint density at radius 2 is 2.44 bits per heavy atom. The summed E-state index contributed by atoms with van der Waals surface area (Å²) in [5.74, 6) is -1.17. The van der Waals surface area contributed by atoms with E-state index in [4.69, 9.17) is 20.7 Å². The highest BCUT2D eigenvalue weighted by molar-refractivity contribution is 8.00. The van der Waals surface area contributed by atoms with Gasteiger partial charge in [-0.3, -0.25) is 4.57 Å². The number of thioether (sulfide) groups is 1. The number of hydrogen-bond donors (Lipinski definition) is 3. The largest absolute Gasteiger partial charge is 0.478 e. The third-order valence-electron chi connectivity index (χ3n) is 2.40. The van der Waals surface area contributed by atoms with E-state index in [-0.39, 0.29) is 18.0 Å². The number of nitrogen functional groups attached to an aromatic ring is 1. The Morgan fingerprint density at radius 1 is 1.72 bits per heavy atom. The molecule has 0 aliphatic carbocycles. The third-order valence-corrected chi connectivity index (χ3v) is 3.51. The predicted octanol–water partition coefficient (Wildman–Crippen LogP) is -0.896. The Balaban J connectivity index is 2.36. The Bertz CT molecular complexity index is 531. The molecule has 1 aromatic rings. The van der Waals surface area contributed by atoms with Crippen LogP contribution < -0.4 is 11.4 Å². The molecular formula is C9H11N3O5S. The minimum atomic E-state index is -1.27. The molecule has 8 nitrogen and oxygen atoms in total. The van der Waals surface area contributed by atoms with Crippen molar-refractivity contribution in [2.45, 2.75) is 11.7 Å². The minimum absolute atomic E-state index is 0.176. The fraction of sp³-hybridized carbons (Fsp3) is 0.444. The molecule has 0 radical (unpaired) electrons. The van der Waals surface area contributed by atoms with Crippen LogP contribution in [0.15, 0.2) is 11.0 Å². The lowest BCUT2D eigenvalue weighted by Gasteiger charge is -2.14. The molecule has 4 N–H and O–H groups in total. The van der Waals surface area contributed by atoms with Gasteiger partial charge in [0.25, 0.3) is 0 Å². The van der Waals surface area contributed by atoms with Crippen molar-refractivity contribution in [2.75, 3.05) is 18.1 Å². The van der Waals surface area contributed by atoms with Crippen molar-refractivity contribution < 1.29 is 19.7 Å². The van der Waals surface area contributed by atoms with E-state index in [0.717, 1.165) is 10.8 Å². The van der Waals surface area contributed by atoms with Gasteiger partial charge >= 0.3 is 11.7 Å². The van der Waals surface area contributed by atoms with Crippen LogP contribution in [0.5, 0.6) is 0 Å². The summed E-state index contributed by atoms with van der Waals surface area (Å²) in [4.78, 5) is 26.0. The van der Waals surface area contributed by atoms with E-state index in [1.807, 2.05) is 0 Å². The Labute approximate surface area is 105 Å². The number of aliphatic hydroxyl groups is 1. The first-order chi connectivity index (χ1) is 8.52. The number of carbonyl (C=O) groups is 1. The summed E-state index contributed by atoms with van der Waals surface area (Å²) in [7, 11) is 0. The van der Waals surface area contributed by atoms with E-state index in [1.54, 1.807) is 0 Å². The van der Waals surface area contributed by atoms with Crippen molar-refractivity contribution in [3.63, 3.8) is 0 Å². The smallest absolute Gasteiger partial charge is 0.351 e. The highest BCUT2D eigenvalue weighted by Crippen LogP contribution is 2.30. The van der Waals surface area contributed by atoms with Crippen LogP contribution >= 0.6 is 11.8 Å². The molecule has 0 unspecified atom stereocenters. The van der Waals surface area contributed by atoms with Gasteiger partial charge in [-0.15, -0.1) is 11.8 Å². The van der Waals surface area contributed by atoms with E-state index in [0.29, 0.717) is 5.75 Å². The molecular weight excluding hydrogens is 262 g/mol. The molecule has 0 aromatic carbocycles. The first kappa shape index (κ1) is 12.9. The predicted molar refractivity (Wildman–Crippen MR) is 63.3 cm³/mol. The number of ether oxygens (including phenoxy) is 1. The van der Waals surface area contributed by atoms with Crippen molar-refractivity contribution >= 4 is 23.5 Å². The molecule has 98 valence electrons. The number of carboxylic acid groups (broad SMARTS) is 1. The lowest BCUT2D eigenvalue weighted by molar-refractivity contribution is -0.00644. The molecule has 1 aliphatic heterocycles. The van der Waals surface area contributed by atoms with Crippen LogP contribution in [-0.2, 0) is 4.74 Å². The third kappa shape index (κ3) is 2.33. The van der Waals surface area contributed by atoms with Gasteiger partial charge in [0.05, 0.1) is 6.61 Å².